The van der Waals surface area contributed by atoms with Crippen LogP contribution < -0.4 is 0 Å². The average molecular weight is 150 g/mol. The number of hydrogen-bond donors (Lipinski definition) is 0. The van der Waals surface area contributed by atoms with Gasteiger partial charge >= 0.3 is 0 Å². The second-order valence-corrected chi connectivity index (χ2v) is 2.24. The quantitative estimate of drug-likeness (QED) is 0.232. The molecular weight excluding hydrogens is 144 g/mol. The minimum Gasteiger partial charge on any atom is -0.298 e. The fourth-order valence-electron chi connectivity index (χ4n) is 0.812. The molecule has 1 aliphatic rings. The van der Waals surface area contributed by atoms with Gasteiger partial charge in [0.1, 0.15) is 0 Å². The highest BCUT2D eigenvalue weighted by Crippen LogP contribution is 2.13. The van der Waals surface area contributed by atoms with Crippen LogP contribution in [0.15, 0.2) is 23.8 Å². The largest absolute Gasteiger partial charge is 0.298 e. The van der Waals surface area contributed by atoms with E-state index >= 15 is 0 Å². The lowest BCUT2D eigenvalue weighted by atomic mass is 9.94. The molecule has 56 valence electrons. The summed E-state index contributed by atoms with van der Waals surface area (Å²) in [5, 5.41) is 0. The van der Waals surface area contributed by atoms with Crippen molar-refractivity contribution in [1.82, 2.24) is 0 Å². The Bertz CT molecular complexity index is 284. The predicted octanol–water partition coefficient (Wildman–Crippen LogP) is 0.210. The zero-order chi connectivity index (χ0) is 8.43. The highest BCUT2D eigenvalue weighted by Gasteiger charge is 2.24. The molecule has 3 nitrogen and oxygen atoms in total. The van der Waals surface area contributed by atoms with Crippen LogP contribution in [0.5, 0.6) is 0 Å². The molecule has 0 saturated heterocycles. The van der Waals surface area contributed by atoms with Gasteiger partial charge in [-0.2, -0.15) is 0 Å². The summed E-state index contributed by atoms with van der Waals surface area (Å²) in [6.07, 6.45) is 2.12. The molecule has 0 bridgehead atoms. The summed E-state index contributed by atoms with van der Waals surface area (Å²) in [6, 6.07) is 0. The summed E-state index contributed by atoms with van der Waals surface area (Å²) < 4.78 is 0. The fourth-order valence-corrected chi connectivity index (χ4v) is 0.812. The molecule has 0 radical (unpaired) electrons. The number of allylic oxidation sites excluding steroid dienone is 3. The number of carbonyl (C=O) groups is 3. The topological polar surface area (TPSA) is 51.2 Å². The van der Waals surface area contributed by atoms with Gasteiger partial charge < -0.3 is 0 Å². The predicted molar refractivity (Wildman–Crippen MR) is 37.9 cm³/mol. The van der Waals surface area contributed by atoms with Crippen LogP contribution >= 0.6 is 0 Å². The van der Waals surface area contributed by atoms with E-state index in [1.54, 1.807) is 0 Å². The molecule has 3 heteroatoms. The molecule has 0 amide bonds. The lowest BCUT2D eigenvalue weighted by Crippen LogP contribution is -2.22. The maximum absolute atomic E-state index is 10.9. The van der Waals surface area contributed by atoms with E-state index in [1.165, 1.54) is 6.08 Å². The Balaban J connectivity index is 3.06. The van der Waals surface area contributed by atoms with Crippen LogP contribution in [0.1, 0.15) is 6.42 Å². The number of ketones is 2. The summed E-state index contributed by atoms with van der Waals surface area (Å²) >= 11 is 0. The standard InChI is InChI=1S/C8H6O3/c1-5-2-3-6(4-9)8(11)7(5)10/h3-4H,1-2H2. The van der Waals surface area contributed by atoms with Crippen LogP contribution in [0.4, 0.5) is 0 Å². The van der Waals surface area contributed by atoms with Crippen molar-refractivity contribution in [3.8, 4) is 0 Å². The number of aldehydes is 1. The molecule has 0 aromatic heterocycles. The van der Waals surface area contributed by atoms with Gasteiger partial charge in [-0.05, 0) is 6.42 Å². The van der Waals surface area contributed by atoms with E-state index in [9.17, 15) is 14.4 Å². The normalized spacial score (nSPS) is 18.2. The van der Waals surface area contributed by atoms with Gasteiger partial charge in [-0.3, -0.25) is 14.4 Å². The van der Waals surface area contributed by atoms with E-state index in [2.05, 4.69) is 6.58 Å². The SMILES string of the molecule is C=C1CC=C(C=O)C(=O)C1=O. The Morgan fingerprint density at radius 2 is 2.00 bits per heavy atom. The van der Waals surface area contributed by atoms with Crippen molar-refractivity contribution in [3.63, 3.8) is 0 Å². The molecule has 0 unspecified atom stereocenters. The molecule has 1 rings (SSSR count). The van der Waals surface area contributed by atoms with Gasteiger partial charge in [0.25, 0.3) is 0 Å². The van der Waals surface area contributed by atoms with Crippen molar-refractivity contribution < 1.29 is 14.4 Å². The summed E-state index contributed by atoms with van der Waals surface area (Å²) in [6.45, 7) is 3.38. The minimum atomic E-state index is -0.740. The van der Waals surface area contributed by atoms with E-state index in [4.69, 9.17) is 0 Å². The zero-order valence-electron chi connectivity index (χ0n) is 5.79. The van der Waals surface area contributed by atoms with Crippen LogP contribution in [0.2, 0.25) is 0 Å². The first-order valence-corrected chi connectivity index (χ1v) is 3.09. The molecular formula is C8H6O3. The number of Topliss-reactive ketones (excluding diaryl/α,β-unsaturated/α-hetero) is 2. The fraction of sp³-hybridized carbons (Fsp3) is 0.125. The molecule has 0 aromatic carbocycles. The minimum absolute atomic E-state index is 0.0533. The lowest BCUT2D eigenvalue weighted by Gasteiger charge is -2.06. The first-order valence-electron chi connectivity index (χ1n) is 3.09. The van der Waals surface area contributed by atoms with Gasteiger partial charge in [0.15, 0.2) is 6.29 Å². The van der Waals surface area contributed by atoms with Crippen molar-refractivity contribution in [2.24, 2.45) is 0 Å². The van der Waals surface area contributed by atoms with Gasteiger partial charge in [-0.1, -0.05) is 12.7 Å². The monoisotopic (exact) mass is 150 g/mol. The van der Waals surface area contributed by atoms with E-state index in [0.29, 0.717) is 12.7 Å². The van der Waals surface area contributed by atoms with Crippen molar-refractivity contribution in [3.05, 3.63) is 23.8 Å². The molecule has 0 N–H and O–H groups in total. The number of carbonyl (C=O) groups excluding carboxylic acids is 3. The maximum Gasteiger partial charge on any atom is 0.236 e. The summed E-state index contributed by atoms with van der Waals surface area (Å²) in [7, 11) is 0. The van der Waals surface area contributed by atoms with Gasteiger partial charge in [0.05, 0.1) is 5.57 Å². The van der Waals surface area contributed by atoms with Crippen molar-refractivity contribution in [1.29, 1.82) is 0 Å². The number of hydrogen-bond acceptors (Lipinski definition) is 3. The third-order valence-electron chi connectivity index (χ3n) is 1.48. The van der Waals surface area contributed by atoms with E-state index in [0.717, 1.165) is 0 Å². The van der Waals surface area contributed by atoms with Gasteiger partial charge in [0, 0.05) is 5.57 Å². The van der Waals surface area contributed by atoms with Crippen LogP contribution in [0.25, 0.3) is 0 Å². The third-order valence-corrected chi connectivity index (χ3v) is 1.48. The third kappa shape index (κ3) is 1.17. The Morgan fingerprint density at radius 3 is 2.55 bits per heavy atom. The van der Waals surface area contributed by atoms with E-state index < -0.39 is 11.6 Å². The van der Waals surface area contributed by atoms with Gasteiger partial charge in [-0.15, -0.1) is 0 Å². The maximum atomic E-state index is 10.9. The van der Waals surface area contributed by atoms with Crippen LogP contribution in [0, 0.1) is 0 Å². The lowest BCUT2D eigenvalue weighted by molar-refractivity contribution is -0.133. The molecule has 0 aliphatic heterocycles. The highest BCUT2D eigenvalue weighted by atomic mass is 16.2. The molecule has 0 heterocycles. The van der Waals surface area contributed by atoms with E-state index in [1.807, 2.05) is 0 Å². The van der Waals surface area contributed by atoms with E-state index in [-0.39, 0.29) is 11.1 Å². The zero-order valence-corrected chi connectivity index (χ0v) is 5.79. The summed E-state index contributed by atoms with van der Waals surface area (Å²) in [5.41, 5.74) is 0.197. The van der Waals surface area contributed by atoms with Gasteiger partial charge in [-0.25, -0.2) is 0 Å². The van der Waals surface area contributed by atoms with Crippen LogP contribution in [0.3, 0.4) is 0 Å². The van der Waals surface area contributed by atoms with Crippen LogP contribution in [-0.4, -0.2) is 17.9 Å². The Kier molecular flexibility index (Phi) is 1.81. The first kappa shape index (κ1) is 7.60. The van der Waals surface area contributed by atoms with Gasteiger partial charge in [0.2, 0.25) is 11.6 Å². The molecule has 0 atom stereocenters. The highest BCUT2D eigenvalue weighted by molar-refractivity contribution is 6.53. The first-order chi connectivity index (χ1) is 5.16. The van der Waals surface area contributed by atoms with Crippen molar-refractivity contribution >= 4 is 17.9 Å². The molecule has 11 heavy (non-hydrogen) atoms. The van der Waals surface area contributed by atoms with Crippen LogP contribution in [-0.2, 0) is 14.4 Å². The van der Waals surface area contributed by atoms with Crippen molar-refractivity contribution in [2.75, 3.05) is 0 Å². The smallest absolute Gasteiger partial charge is 0.236 e. The van der Waals surface area contributed by atoms with Crippen molar-refractivity contribution in [2.45, 2.75) is 6.42 Å². The summed E-state index contributed by atoms with van der Waals surface area (Å²) in [5.74, 6) is -1.38. The second-order valence-electron chi connectivity index (χ2n) is 2.24. The summed E-state index contributed by atoms with van der Waals surface area (Å²) in [4.78, 5) is 31.9. The average Bonchev–Trinajstić information content (AvgIpc) is 2.01. The Hall–Kier alpha value is -1.51. The second kappa shape index (κ2) is 2.62. The molecule has 0 spiro atoms. The molecule has 1 aliphatic carbocycles. The Labute approximate surface area is 63.4 Å². The number of rotatable bonds is 1. The Morgan fingerprint density at radius 1 is 1.36 bits per heavy atom. The molecule has 0 saturated carbocycles. The molecule has 0 fully saturated rings. The molecule has 0 aromatic rings.